The summed E-state index contributed by atoms with van der Waals surface area (Å²) < 4.78 is 0. The Hall–Kier alpha value is -2.29. The van der Waals surface area contributed by atoms with Crippen LogP contribution in [0.25, 0.3) is 0 Å². The molecule has 2 saturated heterocycles. The summed E-state index contributed by atoms with van der Waals surface area (Å²) in [5.41, 5.74) is 2.02. The zero-order valence-corrected chi connectivity index (χ0v) is 23.2. The summed E-state index contributed by atoms with van der Waals surface area (Å²) in [4.78, 5) is 40.4. The molecule has 1 aromatic heterocycles. The average Bonchev–Trinajstić information content (AvgIpc) is 3.40. The Kier molecular flexibility index (Phi) is 8.57. The second kappa shape index (κ2) is 12.0. The summed E-state index contributed by atoms with van der Waals surface area (Å²) in [5, 5.41) is 3.17. The van der Waals surface area contributed by atoms with Crippen molar-refractivity contribution in [2.24, 2.45) is 5.92 Å². The van der Waals surface area contributed by atoms with Crippen LogP contribution in [0.1, 0.15) is 62.4 Å². The molecular weight excluding hydrogens is 482 g/mol. The molecule has 0 radical (unpaired) electrons. The lowest BCUT2D eigenvalue weighted by Gasteiger charge is -2.44. The number of rotatable bonds is 4. The number of benzene rings is 1. The number of nitrogens with zero attached hydrogens (tertiary/aromatic N) is 5. The molecule has 8 heteroatoms. The smallest absolute Gasteiger partial charge is 0.223 e. The first kappa shape index (κ1) is 26.3. The Bertz CT molecular complexity index is 1050. The van der Waals surface area contributed by atoms with E-state index in [0.29, 0.717) is 37.5 Å². The maximum atomic E-state index is 13.9. The van der Waals surface area contributed by atoms with Gasteiger partial charge in [-0.2, -0.15) is 0 Å². The molecule has 2 unspecified atom stereocenters. The maximum Gasteiger partial charge on any atom is 0.223 e. The van der Waals surface area contributed by atoms with Crippen molar-refractivity contribution in [2.75, 3.05) is 38.1 Å². The fourth-order valence-corrected chi connectivity index (χ4v) is 7.09. The van der Waals surface area contributed by atoms with E-state index in [1.54, 1.807) is 18.3 Å². The van der Waals surface area contributed by atoms with Crippen LogP contribution in [0.15, 0.2) is 35.8 Å². The van der Waals surface area contributed by atoms with Gasteiger partial charge < -0.3 is 14.7 Å². The van der Waals surface area contributed by atoms with Crippen LogP contribution < -0.4 is 4.90 Å². The Balaban J connectivity index is 1.46. The summed E-state index contributed by atoms with van der Waals surface area (Å²) in [7, 11) is 2.17. The van der Waals surface area contributed by atoms with E-state index in [1.165, 1.54) is 0 Å². The van der Waals surface area contributed by atoms with Crippen molar-refractivity contribution in [1.82, 2.24) is 19.7 Å². The lowest BCUT2D eigenvalue weighted by molar-refractivity contribution is -0.134. The molecule has 3 aliphatic rings. The molecule has 3 aliphatic heterocycles. The van der Waals surface area contributed by atoms with Crippen molar-refractivity contribution in [3.8, 4) is 0 Å². The van der Waals surface area contributed by atoms with Gasteiger partial charge in [-0.15, -0.1) is 11.3 Å². The molecule has 2 atom stereocenters. The van der Waals surface area contributed by atoms with Crippen molar-refractivity contribution in [1.29, 1.82) is 0 Å². The number of thiazole rings is 1. The second-order valence-corrected chi connectivity index (χ2v) is 12.1. The molecule has 4 heterocycles. The van der Waals surface area contributed by atoms with Gasteiger partial charge in [-0.1, -0.05) is 24.6 Å². The van der Waals surface area contributed by atoms with Crippen molar-refractivity contribution in [2.45, 2.75) is 77.0 Å². The maximum absolute atomic E-state index is 13.9. The molecule has 2 amide bonds. The standard InChI is InChI=1S/C29H41N5O2S/c1-22(35)33-16-12-25-7-5-8-26(34(25)21-28-30-13-17-37-28)20-32(19-24-6-3-4-9-27(24)33)29(36)18-23-10-14-31(2)15-11-23/h3-4,6,9,13,17,23,25-26H,5,7-8,10-12,14-16,18-21H2,1-2H3. The van der Waals surface area contributed by atoms with Crippen LogP contribution in [0.4, 0.5) is 5.69 Å². The SMILES string of the molecule is CC(=O)N1CCC2CCCC(CN(C(=O)CC3CCN(C)CC3)Cc3ccccc31)N2Cc1nccs1. The minimum absolute atomic E-state index is 0.0646. The molecule has 2 bridgehead atoms. The molecule has 0 aliphatic carbocycles. The number of anilines is 1. The normalized spacial score (nSPS) is 24.4. The summed E-state index contributed by atoms with van der Waals surface area (Å²) in [5.74, 6) is 0.778. The van der Waals surface area contributed by atoms with Gasteiger partial charge >= 0.3 is 0 Å². The third kappa shape index (κ3) is 6.41. The zero-order valence-electron chi connectivity index (χ0n) is 22.3. The largest absolute Gasteiger partial charge is 0.337 e. The quantitative estimate of drug-likeness (QED) is 0.595. The lowest BCUT2D eigenvalue weighted by Crippen LogP contribution is -2.52. The van der Waals surface area contributed by atoms with Crippen LogP contribution in [0.2, 0.25) is 0 Å². The molecule has 5 rings (SSSR count). The van der Waals surface area contributed by atoms with Crippen LogP contribution in [-0.4, -0.2) is 76.8 Å². The van der Waals surface area contributed by atoms with E-state index in [9.17, 15) is 9.59 Å². The van der Waals surface area contributed by atoms with Crippen LogP contribution in [-0.2, 0) is 22.7 Å². The number of piperidine rings is 2. The third-order valence-corrected chi connectivity index (χ3v) is 9.37. The van der Waals surface area contributed by atoms with E-state index < -0.39 is 0 Å². The van der Waals surface area contributed by atoms with Gasteiger partial charge in [0.2, 0.25) is 11.8 Å². The van der Waals surface area contributed by atoms with E-state index >= 15 is 0 Å². The number of para-hydroxylation sites is 1. The highest BCUT2D eigenvalue weighted by molar-refractivity contribution is 7.09. The number of amides is 2. The van der Waals surface area contributed by atoms with E-state index in [1.807, 2.05) is 34.7 Å². The third-order valence-electron chi connectivity index (χ3n) is 8.61. The van der Waals surface area contributed by atoms with Crippen LogP contribution in [0.3, 0.4) is 0 Å². The number of fused-ring (bicyclic) bond motifs is 3. The Morgan fingerprint density at radius 1 is 1.03 bits per heavy atom. The van der Waals surface area contributed by atoms with Gasteiger partial charge in [0, 0.05) is 62.3 Å². The topological polar surface area (TPSA) is 60.0 Å². The van der Waals surface area contributed by atoms with Gasteiger partial charge in [-0.05, 0) is 69.8 Å². The fourth-order valence-electron chi connectivity index (χ4n) is 6.46. The molecule has 200 valence electrons. The van der Waals surface area contributed by atoms with Gasteiger partial charge in [-0.25, -0.2) is 4.98 Å². The van der Waals surface area contributed by atoms with E-state index in [-0.39, 0.29) is 11.8 Å². The minimum atomic E-state index is 0.0646. The van der Waals surface area contributed by atoms with E-state index in [2.05, 4.69) is 32.8 Å². The first-order valence-corrected chi connectivity index (χ1v) is 14.8. The van der Waals surface area contributed by atoms with Crippen LogP contribution in [0, 0.1) is 5.92 Å². The highest BCUT2D eigenvalue weighted by Crippen LogP contribution is 2.32. The summed E-state index contributed by atoms with van der Waals surface area (Å²) in [6.07, 6.45) is 8.99. The molecule has 2 aromatic rings. The van der Waals surface area contributed by atoms with Crippen LogP contribution >= 0.6 is 11.3 Å². The molecule has 7 nitrogen and oxygen atoms in total. The van der Waals surface area contributed by atoms with E-state index in [0.717, 1.165) is 81.0 Å². The Morgan fingerprint density at radius 2 is 1.81 bits per heavy atom. The van der Waals surface area contributed by atoms with E-state index in [4.69, 9.17) is 0 Å². The minimum Gasteiger partial charge on any atom is -0.337 e. The number of hydrogen-bond acceptors (Lipinski definition) is 6. The Morgan fingerprint density at radius 3 is 2.57 bits per heavy atom. The van der Waals surface area contributed by atoms with Crippen molar-refractivity contribution < 1.29 is 9.59 Å². The first-order valence-electron chi connectivity index (χ1n) is 13.9. The fraction of sp³-hybridized carbons (Fsp3) is 0.621. The van der Waals surface area contributed by atoms with Gasteiger partial charge in [-0.3, -0.25) is 14.5 Å². The number of aromatic nitrogens is 1. The zero-order chi connectivity index (χ0) is 25.8. The predicted octanol–water partition coefficient (Wildman–Crippen LogP) is 4.38. The van der Waals surface area contributed by atoms with Gasteiger partial charge in [0.05, 0.1) is 6.54 Å². The van der Waals surface area contributed by atoms with Crippen molar-refractivity contribution in [3.05, 3.63) is 46.4 Å². The monoisotopic (exact) mass is 523 g/mol. The molecule has 0 spiro atoms. The van der Waals surface area contributed by atoms with Gasteiger partial charge in [0.15, 0.2) is 0 Å². The molecule has 0 N–H and O–H groups in total. The molecular formula is C29H41N5O2S. The number of hydrogen-bond donors (Lipinski definition) is 0. The highest BCUT2D eigenvalue weighted by atomic mass is 32.1. The predicted molar refractivity (Wildman–Crippen MR) is 148 cm³/mol. The lowest BCUT2D eigenvalue weighted by atomic mass is 9.91. The summed E-state index contributed by atoms with van der Waals surface area (Å²) in [6.45, 7) is 6.61. The van der Waals surface area contributed by atoms with Gasteiger partial charge in [0.1, 0.15) is 5.01 Å². The highest BCUT2D eigenvalue weighted by Gasteiger charge is 2.35. The first-order chi connectivity index (χ1) is 18.0. The Labute approximate surface area is 225 Å². The van der Waals surface area contributed by atoms with Crippen molar-refractivity contribution in [3.63, 3.8) is 0 Å². The van der Waals surface area contributed by atoms with Crippen LogP contribution in [0.5, 0.6) is 0 Å². The molecule has 0 saturated carbocycles. The molecule has 2 fully saturated rings. The summed E-state index contributed by atoms with van der Waals surface area (Å²) in [6, 6.07) is 8.86. The molecule has 1 aromatic carbocycles. The average molecular weight is 524 g/mol. The number of carbonyl (C=O) groups excluding carboxylic acids is 2. The molecule has 37 heavy (non-hydrogen) atoms. The van der Waals surface area contributed by atoms with Crippen molar-refractivity contribution >= 4 is 28.8 Å². The number of likely N-dealkylation sites (tertiary alicyclic amines) is 1. The number of carbonyl (C=O) groups is 2. The summed E-state index contributed by atoms with van der Waals surface area (Å²) >= 11 is 1.70. The second-order valence-electron chi connectivity index (χ2n) is 11.1. The van der Waals surface area contributed by atoms with Gasteiger partial charge in [0.25, 0.3) is 0 Å².